The molecule has 5 aromatic carbocycles. The minimum atomic E-state index is -1.15. The number of anilines is 5. The van der Waals surface area contributed by atoms with E-state index < -0.39 is 8.80 Å². The molecule has 0 N–H and O–H groups in total. The van der Waals surface area contributed by atoms with Gasteiger partial charge in [0.15, 0.2) is 0 Å². The Kier molecular flexibility index (Phi) is 5.99. The van der Waals surface area contributed by atoms with E-state index in [0.717, 1.165) is 0 Å². The van der Waals surface area contributed by atoms with Crippen LogP contribution in [0.5, 0.6) is 0 Å². The highest BCUT2D eigenvalue weighted by Crippen LogP contribution is 2.47. The van der Waals surface area contributed by atoms with Crippen molar-refractivity contribution in [1.82, 2.24) is 0 Å². The molecule has 5 heteroatoms. The molecule has 202 valence electrons. The van der Waals surface area contributed by atoms with E-state index in [4.69, 9.17) is 0 Å². The van der Waals surface area contributed by atoms with Gasteiger partial charge < -0.3 is 9.80 Å². The maximum Gasteiger partial charge on any atom is 0.252 e. The Morgan fingerprint density at radius 2 is 1.17 bits per heavy atom. The Bertz CT molecular complexity index is 2000. The van der Waals surface area contributed by atoms with Crippen LogP contribution in [-0.2, 0) is 0 Å². The summed E-state index contributed by atoms with van der Waals surface area (Å²) in [4.78, 5) is 4.98. The number of rotatable bonds is 4. The first-order valence-corrected chi connectivity index (χ1v) is 18.5. The van der Waals surface area contributed by atoms with Crippen molar-refractivity contribution in [2.45, 2.75) is 20.0 Å². The summed E-state index contributed by atoms with van der Waals surface area (Å²) in [5, 5.41) is 1.39. The predicted molar refractivity (Wildman–Crippen MR) is 188 cm³/mol. The van der Waals surface area contributed by atoms with Crippen LogP contribution in [0, 0.1) is 0 Å². The third-order valence-electron chi connectivity index (χ3n) is 8.78. The minimum absolute atomic E-state index is 0.136. The lowest BCUT2D eigenvalue weighted by Crippen LogP contribution is -2.55. The van der Waals surface area contributed by atoms with E-state index in [1.165, 1.54) is 66.2 Å². The van der Waals surface area contributed by atoms with Crippen molar-refractivity contribution in [3.8, 4) is 0 Å². The van der Waals surface area contributed by atoms with Gasteiger partial charge in [0.1, 0.15) is 0 Å². The molecule has 0 unspecified atom stereocenters. The second-order valence-electron chi connectivity index (χ2n) is 11.5. The van der Waals surface area contributed by atoms with Gasteiger partial charge in [0, 0.05) is 38.8 Å². The second-order valence-corrected chi connectivity index (χ2v) is 15.9. The van der Waals surface area contributed by atoms with E-state index in [9.17, 15) is 0 Å². The number of nitrogens with zero attached hydrogens (tertiary/aromatic N) is 2. The van der Waals surface area contributed by atoms with Crippen LogP contribution in [0.2, 0.25) is 13.1 Å². The molecule has 2 aliphatic rings. The lowest BCUT2D eigenvalue weighted by molar-refractivity contribution is 1.16. The zero-order valence-corrected chi connectivity index (χ0v) is 26.1. The normalized spacial score (nSPS) is 14.0. The Balaban J connectivity index is 1.52. The molecule has 0 atom stereocenters. The zero-order chi connectivity index (χ0) is 28.4. The predicted octanol–water partition coefficient (Wildman–Crippen LogP) is 8.11. The summed E-state index contributed by atoms with van der Waals surface area (Å²) < 4.78 is 2.99. The Morgan fingerprint density at radius 3 is 1.88 bits per heavy atom. The quantitative estimate of drug-likeness (QED) is 0.196. The van der Waals surface area contributed by atoms with Gasteiger partial charge in [0.05, 0.1) is 8.80 Å². The molecule has 1 aromatic heterocycles. The molecule has 0 bridgehead atoms. The van der Waals surface area contributed by atoms with Crippen molar-refractivity contribution in [2.24, 2.45) is 0 Å². The maximum atomic E-state index is 2.51. The van der Waals surface area contributed by atoms with Gasteiger partial charge in [0.25, 0.3) is 6.71 Å². The first-order valence-electron chi connectivity index (χ1n) is 14.8. The summed E-state index contributed by atoms with van der Waals surface area (Å²) in [6.45, 7) is 7.44. The molecule has 0 saturated carbocycles. The highest BCUT2D eigenvalue weighted by atomic mass is 32.1. The third kappa shape index (κ3) is 3.70. The molecule has 0 amide bonds. The van der Waals surface area contributed by atoms with Crippen molar-refractivity contribution >= 4 is 86.3 Å². The smallest absolute Gasteiger partial charge is 0.252 e. The van der Waals surface area contributed by atoms with Crippen LogP contribution in [-0.4, -0.2) is 15.5 Å². The van der Waals surface area contributed by atoms with Gasteiger partial charge in [0.2, 0.25) is 0 Å². The Hall–Kier alpha value is -4.32. The number of benzene rings is 5. The first kappa shape index (κ1) is 25.4. The molecule has 2 aliphatic heterocycles. The van der Waals surface area contributed by atoms with Crippen LogP contribution < -0.4 is 25.2 Å². The molecule has 6 aromatic rings. The number of thiophene rings is 1. The van der Waals surface area contributed by atoms with Crippen molar-refractivity contribution < 1.29 is 0 Å². The lowest BCUT2D eigenvalue weighted by Gasteiger charge is -2.44. The minimum Gasteiger partial charge on any atom is -0.315 e. The van der Waals surface area contributed by atoms with Gasteiger partial charge in [-0.15, -0.1) is 11.3 Å². The van der Waals surface area contributed by atoms with Crippen LogP contribution >= 0.6 is 11.3 Å². The summed E-state index contributed by atoms with van der Waals surface area (Å²) >= 11 is 2.02. The van der Waals surface area contributed by atoms with Crippen molar-refractivity contribution in [3.63, 3.8) is 0 Å². The number of allylic oxidation sites excluding steroid dienone is 1. The van der Waals surface area contributed by atoms with E-state index in [0.29, 0.717) is 0 Å². The number of para-hydroxylation sites is 3. The van der Waals surface area contributed by atoms with Gasteiger partial charge in [-0.3, -0.25) is 0 Å². The van der Waals surface area contributed by atoms with Crippen LogP contribution in [0.25, 0.3) is 15.6 Å². The lowest BCUT2D eigenvalue weighted by atomic mass is 9.32. The van der Waals surface area contributed by atoms with Crippen LogP contribution in [0.15, 0.2) is 133 Å². The fraction of sp³-hybridized carbons (Fsp3) is 0.0811. The molecule has 8 rings (SSSR count). The molecule has 0 aliphatic carbocycles. The molecule has 2 nitrogen and oxygen atoms in total. The van der Waals surface area contributed by atoms with Crippen molar-refractivity contribution in [1.29, 1.82) is 0 Å². The van der Waals surface area contributed by atoms with Crippen molar-refractivity contribution in [2.75, 3.05) is 9.80 Å². The molecule has 3 heterocycles. The third-order valence-corrected chi connectivity index (χ3v) is 12.9. The molecule has 0 saturated heterocycles. The molecular formula is C37H31BN2SSi. The fourth-order valence-corrected chi connectivity index (χ4v) is 10.3. The highest BCUT2D eigenvalue weighted by molar-refractivity contribution is 7.29. The summed E-state index contributed by atoms with van der Waals surface area (Å²) in [6, 6.07) is 46.7. The molecule has 0 radical (unpaired) electrons. The topological polar surface area (TPSA) is 6.48 Å². The molecular weight excluding hydrogens is 543 g/mol. The molecule has 0 fully saturated rings. The summed E-state index contributed by atoms with van der Waals surface area (Å²) in [5.74, 6) is 0. The van der Waals surface area contributed by atoms with Gasteiger partial charge in [-0.2, -0.15) is 0 Å². The average Bonchev–Trinajstić information content (AvgIpc) is 3.42. The van der Waals surface area contributed by atoms with Crippen LogP contribution in [0.1, 0.15) is 12.5 Å². The SMILES string of the molecule is CC1=C(c2c([SiH](C)C)sc3ccccc23)B2c3ccccc3N(c3ccccc3)c3cccc(c32)N1c1ccccc1. The summed E-state index contributed by atoms with van der Waals surface area (Å²) in [7, 11) is -1.15. The Morgan fingerprint density at radius 1 is 0.595 bits per heavy atom. The average molecular weight is 575 g/mol. The second kappa shape index (κ2) is 9.90. The standard InChI is InChI=1S/C37H31BN2SSi/c1-25-35(34-28-19-10-13-24-33(28)41-37(34)42(2)3)38-29-20-11-12-21-30(29)40(27-17-8-5-9-18-27)32-23-14-22-31(36(32)38)39(25)26-15-6-4-7-16-26/h4-24,42H,1-3H3. The maximum absolute atomic E-state index is 2.51. The van der Waals surface area contributed by atoms with E-state index in [2.05, 4.69) is 157 Å². The summed E-state index contributed by atoms with van der Waals surface area (Å²) in [5.41, 5.74) is 13.2. The number of hydrogen-bond acceptors (Lipinski definition) is 3. The molecule has 42 heavy (non-hydrogen) atoms. The van der Waals surface area contributed by atoms with E-state index in [1.807, 2.05) is 11.3 Å². The van der Waals surface area contributed by atoms with Gasteiger partial charge in [-0.05, 0) is 87.3 Å². The molecule has 0 spiro atoms. The Labute approximate surface area is 253 Å². The largest absolute Gasteiger partial charge is 0.315 e. The van der Waals surface area contributed by atoms with Gasteiger partial charge in [-0.1, -0.05) is 92.0 Å². The number of hydrogen-bond donors (Lipinski definition) is 0. The van der Waals surface area contributed by atoms with Gasteiger partial charge in [-0.25, -0.2) is 0 Å². The first-order chi connectivity index (χ1) is 20.6. The number of fused-ring (bicyclic) bond motifs is 3. The van der Waals surface area contributed by atoms with E-state index in [-0.39, 0.29) is 6.71 Å². The zero-order valence-electron chi connectivity index (χ0n) is 24.1. The monoisotopic (exact) mass is 574 g/mol. The summed E-state index contributed by atoms with van der Waals surface area (Å²) in [6.07, 6.45) is 0. The highest BCUT2D eigenvalue weighted by Gasteiger charge is 2.44. The van der Waals surface area contributed by atoms with E-state index in [1.54, 1.807) is 4.50 Å². The van der Waals surface area contributed by atoms with E-state index >= 15 is 0 Å². The van der Waals surface area contributed by atoms with Crippen molar-refractivity contribution in [3.05, 3.63) is 139 Å². The van der Waals surface area contributed by atoms with Gasteiger partial charge >= 0.3 is 0 Å². The fourth-order valence-electron chi connectivity index (χ4n) is 7.10. The van der Waals surface area contributed by atoms with Crippen LogP contribution in [0.3, 0.4) is 0 Å². The van der Waals surface area contributed by atoms with Crippen LogP contribution in [0.4, 0.5) is 28.4 Å².